The van der Waals surface area contributed by atoms with Gasteiger partial charge in [-0.1, -0.05) is 19.8 Å². The molecule has 0 bridgehead atoms. The zero-order valence-corrected chi connectivity index (χ0v) is 11.0. The molecule has 0 saturated heterocycles. The van der Waals surface area contributed by atoms with Crippen molar-refractivity contribution in [1.82, 2.24) is 4.98 Å². The Morgan fingerprint density at radius 2 is 2.12 bits per heavy atom. The zero-order chi connectivity index (χ0) is 11.5. The molecule has 1 heterocycles. The van der Waals surface area contributed by atoms with Gasteiger partial charge in [-0.2, -0.15) is 0 Å². The maximum Gasteiger partial charge on any atom is 0.0962 e. The Labute approximate surface area is 102 Å². The molecular weight excluding hydrogens is 218 g/mol. The van der Waals surface area contributed by atoms with E-state index >= 15 is 0 Å². The number of aryl methyl sites for hydroxylation is 1. The van der Waals surface area contributed by atoms with Crippen LogP contribution in [0.1, 0.15) is 66.4 Å². The highest BCUT2D eigenvalue weighted by molar-refractivity contribution is 7.12. The van der Waals surface area contributed by atoms with Gasteiger partial charge in [0, 0.05) is 16.7 Å². The lowest BCUT2D eigenvalue weighted by atomic mass is 10.1. The monoisotopic (exact) mass is 239 g/mol. The minimum atomic E-state index is 0.254. The van der Waals surface area contributed by atoms with Crippen LogP contribution in [0, 0.1) is 6.92 Å². The van der Waals surface area contributed by atoms with Crippen molar-refractivity contribution in [1.29, 1.82) is 0 Å². The molecule has 0 amide bonds. The Morgan fingerprint density at radius 1 is 1.44 bits per heavy atom. The molecule has 0 spiro atoms. The predicted molar refractivity (Wildman–Crippen MR) is 68.2 cm³/mol. The quantitative estimate of drug-likeness (QED) is 0.871. The second kappa shape index (κ2) is 5.28. The van der Waals surface area contributed by atoms with Crippen LogP contribution in [0.4, 0.5) is 0 Å². The third kappa shape index (κ3) is 2.30. The second-order valence-electron chi connectivity index (χ2n) is 4.77. The predicted octanol–water partition coefficient (Wildman–Crippen LogP) is 3.60. The molecule has 1 aliphatic carbocycles. The first-order valence-corrected chi connectivity index (χ1v) is 7.16. The Morgan fingerprint density at radius 3 is 2.69 bits per heavy atom. The molecule has 1 atom stereocenters. The molecule has 0 radical (unpaired) electrons. The largest absolute Gasteiger partial charge is 0.396 e. The maximum atomic E-state index is 9.36. The number of nitrogens with zero attached hydrogens (tertiary/aromatic N) is 1. The molecule has 0 aromatic carbocycles. The molecule has 1 aliphatic rings. The third-order valence-electron chi connectivity index (χ3n) is 3.64. The Hall–Kier alpha value is -0.410. The summed E-state index contributed by atoms with van der Waals surface area (Å²) in [6.45, 7) is 4.47. The van der Waals surface area contributed by atoms with Gasteiger partial charge in [0.15, 0.2) is 0 Å². The average molecular weight is 239 g/mol. The van der Waals surface area contributed by atoms with Crippen LogP contribution in [0.15, 0.2) is 0 Å². The number of aliphatic hydroxyl groups is 1. The maximum absolute atomic E-state index is 9.36. The van der Waals surface area contributed by atoms with Crippen molar-refractivity contribution in [2.24, 2.45) is 0 Å². The highest BCUT2D eigenvalue weighted by Crippen LogP contribution is 2.39. The van der Waals surface area contributed by atoms with Crippen molar-refractivity contribution in [3.63, 3.8) is 0 Å². The van der Waals surface area contributed by atoms with Crippen LogP contribution in [0.25, 0.3) is 0 Å². The summed E-state index contributed by atoms with van der Waals surface area (Å²) in [5, 5.41) is 10.7. The van der Waals surface area contributed by atoms with Crippen molar-refractivity contribution < 1.29 is 5.11 Å². The SMILES string of the molecule is CCC(CO)c1sc(C2CCCC2)nc1C. The van der Waals surface area contributed by atoms with Crippen LogP contribution in [-0.2, 0) is 0 Å². The van der Waals surface area contributed by atoms with Gasteiger partial charge in [0.1, 0.15) is 0 Å². The topological polar surface area (TPSA) is 33.1 Å². The Balaban J connectivity index is 2.20. The number of hydrogen-bond acceptors (Lipinski definition) is 3. The van der Waals surface area contributed by atoms with Crippen LogP contribution in [0.2, 0.25) is 0 Å². The Kier molecular flexibility index (Phi) is 3.98. The van der Waals surface area contributed by atoms with Crippen molar-refractivity contribution in [2.75, 3.05) is 6.61 Å². The summed E-state index contributed by atoms with van der Waals surface area (Å²) in [7, 11) is 0. The number of aliphatic hydroxyl groups excluding tert-OH is 1. The summed E-state index contributed by atoms with van der Waals surface area (Å²) in [6, 6.07) is 0. The average Bonchev–Trinajstić information content (AvgIpc) is 2.90. The normalized spacial score (nSPS) is 19.2. The van der Waals surface area contributed by atoms with E-state index in [0.717, 1.165) is 12.1 Å². The van der Waals surface area contributed by atoms with Gasteiger partial charge >= 0.3 is 0 Å². The molecule has 1 unspecified atom stereocenters. The molecule has 2 rings (SSSR count). The summed E-state index contributed by atoms with van der Waals surface area (Å²) >= 11 is 1.84. The fourth-order valence-corrected chi connectivity index (χ4v) is 3.96. The van der Waals surface area contributed by atoms with Gasteiger partial charge in [-0.25, -0.2) is 4.98 Å². The van der Waals surface area contributed by atoms with E-state index in [4.69, 9.17) is 4.98 Å². The zero-order valence-electron chi connectivity index (χ0n) is 10.2. The van der Waals surface area contributed by atoms with Gasteiger partial charge < -0.3 is 5.11 Å². The summed E-state index contributed by atoms with van der Waals surface area (Å²) in [5.41, 5.74) is 1.15. The standard InChI is InChI=1S/C13H21NOS/c1-3-10(8-15)12-9(2)14-13(16-12)11-6-4-5-7-11/h10-11,15H,3-8H2,1-2H3. The Bertz CT molecular complexity index is 338. The van der Waals surface area contributed by atoms with Crippen molar-refractivity contribution in [3.05, 3.63) is 15.6 Å². The van der Waals surface area contributed by atoms with E-state index in [2.05, 4.69) is 13.8 Å². The summed E-state index contributed by atoms with van der Waals surface area (Å²) in [5.74, 6) is 1.00. The lowest BCUT2D eigenvalue weighted by molar-refractivity contribution is 0.263. The molecule has 2 nitrogen and oxygen atoms in total. The van der Waals surface area contributed by atoms with E-state index < -0.39 is 0 Å². The smallest absolute Gasteiger partial charge is 0.0962 e. The fourth-order valence-electron chi connectivity index (χ4n) is 2.55. The number of aromatic nitrogens is 1. The molecule has 1 aromatic rings. The van der Waals surface area contributed by atoms with Gasteiger partial charge in [0.05, 0.1) is 17.3 Å². The second-order valence-corrected chi connectivity index (χ2v) is 5.83. The molecule has 16 heavy (non-hydrogen) atoms. The summed E-state index contributed by atoms with van der Waals surface area (Å²) in [6.07, 6.45) is 6.33. The molecule has 3 heteroatoms. The van der Waals surface area contributed by atoms with Crippen molar-refractivity contribution in [3.8, 4) is 0 Å². The molecule has 1 saturated carbocycles. The molecular formula is C13H21NOS. The molecule has 1 fully saturated rings. The number of rotatable bonds is 4. The minimum Gasteiger partial charge on any atom is -0.396 e. The lowest BCUT2D eigenvalue weighted by Crippen LogP contribution is -2.01. The van der Waals surface area contributed by atoms with Crippen LogP contribution < -0.4 is 0 Å². The lowest BCUT2D eigenvalue weighted by Gasteiger charge is -2.09. The van der Waals surface area contributed by atoms with Crippen molar-refractivity contribution >= 4 is 11.3 Å². The van der Waals surface area contributed by atoms with Gasteiger partial charge in [0.25, 0.3) is 0 Å². The molecule has 1 N–H and O–H groups in total. The van der Waals surface area contributed by atoms with Gasteiger partial charge in [-0.05, 0) is 26.2 Å². The van der Waals surface area contributed by atoms with Crippen LogP contribution in [-0.4, -0.2) is 16.7 Å². The van der Waals surface area contributed by atoms with Gasteiger partial charge in [0.2, 0.25) is 0 Å². The summed E-state index contributed by atoms with van der Waals surface area (Å²) < 4.78 is 0. The first-order valence-electron chi connectivity index (χ1n) is 6.34. The minimum absolute atomic E-state index is 0.254. The first kappa shape index (κ1) is 12.1. The number of thiazole rings is 1. The van der Waals surface area contributed by atoms with E-state index in [9.17, 15) is 5.11 Å². The number of hydrogen-bond donors (Lipinski definition) is 1. The van der Waals surface area contributed by atoms with Gasteiger partial charge in [-0.15, -0.1) is 11.3 Å². The van der Waals surface area contributed by atoms with E-state index in [-0.39, 0.29) is 6.61 Å². The third-order valence-corrected chi connectivity index (χ3v) is 5.12. The molecule has 0 aliphatic heterocycles. The first-order chi connectivity index (χ1) is 7.76. The fraction of sp³-hybridized carbons (Fsp3) is 0.769. The molecule has 1 aromatic heterocycles. The highest BCUT2D eigenvalue weighted by atomic mass is 32.1. The van der Waals surface area contributed by atoms with Crippen LogP contribution in [0.3, 0.4) is 0 Å². The summed E-state index contributed by atoms with van der Waals surface area (Å²) in [4.78, 5) is 6.03. The van der Waals surface area contributed by atoms with Crippen LogP contribution >= 0.6 is 11.3 Å². The van der Waals surface area contributed by atoms with Gasteiger partial charge in [-0.3, -0.25) is 0 Å². The van der Waals surface area contributed by atoms with E-state index in [1.54, 1.807) is 0 Å². The van der Waals surface area contributed by atoms with Crippen LogP contribution in [0.5, 0.6) is 0 Å². The van der Waals surface area contributed by atoms with E-state index in [1.165, 1.54) is 35.6 Å². The van der Waals surface area contributed by atoms with Crippen molar-refractivity contribution in [2.45, 2.75) is 57.8 Å². The van der Waals surface area contributed by atoms with E-state index in [1.807, 2.05) is 11.3 Å². The molecule has 90 valence electrons. The highest BCUT2D eigenvalue weighted by Gasteiger charge is 2.23. The van der Waals surface area contributed by atoms with E-state index in [0.29, 0.717) is 11.8 Å².